The largest absolute Gasteiger partial charge is 0.389 e. The molecule has 0 saturated carbocycles. The molecule has 2 N–H and O–H groups in total. The minimum atomic E-state index is -0.713. The van der Waals surface area contributed by atoms with Crippen molar-refractivity contribution in [2.75, 3.05) is 38.0 Å². The zero-order valence-corrected chi connectivity index (χ0v) is 19.7. The standard InChI is InChI=1S/C26H39N3O/c1-8-17-26(30)18(2)24(20-9-13-22(14-10-20)28(4)5)27-25(19(26)3)21-11-15-23(16-12-21)29(6)7/h9-16,18-19,24-25,27,30H,8,17H2,1-7H3. The minimum Gasteiger partial charge on any atom is -0.389 e. The summed E-state index contributed by atoms with van der Waals surface area (Å²) in [5.74, 6) is 0.241. The molecule has 164 valence electrons. The molecule has 4 unspecified atom stereocenters. The third-order valence-corrected chi connectivity index (χ3v) is 7.12. The van der Waals surface area contributed by atoms with E-state index in [0.717, 1.165) is 12.8 Å². The molecule has 0 radical (unpaired) electrons. The SMILES string of the molecule is CCCC1(O)C(C)C(c2ccc(N(C)C)cc2)NC(c2ccc(N(C)C)cc2)C1C. The van der Waals surface area contributed by atoms with E-state index in [1.807, 2.05) is 0 Å². The van der Waals surface area contributed by atoms with Crippen LogP contribution in [0, 0.1) is 11.8 Å². The van der Waals surface area contributed by atoms with Crippen molar-refractivity contribution in [1.29, 1.82) is 0 Å². The fourth-order valence-corrected chi connectivity index (χ4v) is 5.06. The average molecular weight is 410 g/mol. The van der Waals surface area contributed by atoms with E-state index in [2.05, 4.69) is 113 Å². The predicted molar refractivity (Wildman–Crippen MR) is 128 cm³/mol. The van der Waals surface area contributed by atoms with Crippen molar-refractivity contribution in [1.82, 2.24) is 5.32 Å². The second-order valence-electron chi connectivity index (χ2n) is 9.41. The molecule has 1 fully saturated rings. The van der Waals surface area contributed by atoms with Gasteiger partial charge >= 0.3 is 0 Å². The van der Waals surface area contributed by atoms with Crippen LogP contribution in [0.4, 0.5) is 11.4 Å². The van der Waals surface area contributed by atoms with Crippen molar-refractivity contribution in [3.63, 3.8) is 0 Å². The van der Waals surface area contributed by atoms with Gasteiger partial charge in [-0.05, 0) is 41.8 Å². The number of aliphatic hydroxyl groups is 1. The normalized spacial score (nSPS) is 28.9. The van der Waals surface area contributed by atoms with Crippen LogP contribution in [0.5, 0.6) is 0 Å². The van der Waals surface area contributed by atoms with Crippen molar-refractivity contribution in [2.45, 2.75) is 51.3 Å². The number of hydrogen-bond donors (Lipinski definition) is 2. The predicted octanol–water partition coefficient (Wildman–Crippen LogP) is 5.01. The van der Waals surface area contributed by atoms with Gasteiger partial charge in [-0.15, -0.1) is 0 Å². The van der Waals surface area contributed by atoms with Crippen LogP contribution < -0.4 is 15.1 Å². The van der Waals surface area contributed by atoms with Crippen molar-refractivity contribution < 1.29 is 5.11 Å². The Balaban J connectivity index is 1.98. The highest BCUT2D eigenvalue weighted by atomic mass is 16.3. The summed E-state index contributed by atoms with van der Waals surface area (Å²) >= 11 is 0. The first-order valence-corrected chi connectivity index (χ1v) is 11.2. The Morgan fingerprint density at radius 2 is 1.13 bits per heavy atom. The Kier molecular flexibility index (Phi) is 6.78. The summed E-state index contributed by atoms with van der Waals surface area (Å²) in [5, 5.41) is 15.8. The number of rotatable bonds is 6. The van der Waals surface area contributed by atoms with Crippen molar-refractivity contribution in [2.24, 2.45) is 11.8 Å². The van der Waals surface area contributed by atoms with E-state index in [4.69, 9.17) is 0 Å². The summed E-state index contributed by atoms with van der Waals surface area (Å²) in [6, 6.07) is 17.7. The Hall–Kier alpha value is -2.04. The zero-order valence-electron chi connectivity index (χ0n) is 19.7. The number of nitrogens with zero attached hydrogens (tertiary/aromatic N) is 2. The lowest BCUT2D eigenvalue weighted by Crippen LogP contribution is -2.57. The van der Waals surface area contributed by atoms with E-state index >= 15 is 0 Å². The first-order valence-electron chi connectivity index (χ1n) is 11.2. The van der Waals surface area contributed by atoms with Gasteiger partial charge in [-0.1, -0.05) is 51.5 Å². The number of anilines is 2. The van der Waals surface area contributed by atoms with Crippen LogP contribution in [0.3, 0.4) is 0 Å². The van der Waals surface area contributed by atoms with Crippen LogP contribution in [-0.4, -0.2) is 38.9 Å². The summed E-state index contributed by atoms with van der Waals surface area (Å²) in [5.41, 5.74) is 4.15. The third kappa shape index (κ3) is 4.21. The maximum Gasteiger partial charge on any atom is 0.0734 e. The average Bonchev–Trinajstić information content (AvgIpc) is 2.73. The molecule has 4 atom stereocenters. The van der Waals surface area contributed by atoms with Crippen molar-refractivity contribution in [3.05, 3.63) is 59.7 Å². The van der Waals surface area contributed by atoms with Gasteiger partial charge in [-0.25, -0.2) is 0 Å². The van der Waals surface area contributed by atoms with Gasteiger partial charge in [0.1, 0.15) is 0 Å². The maximum absolute atomic E-state index is 11.9. The highest BCUT2D eigenvalue weighted by Gasteiger charge is 2.50. The molecule has 0 bridgehead atoms. The molecule has 4 nitrogen and oxygen atoms in total. The summed E-state index contributed by atoms with van der Waals surface area (Å²) < 4.78 is 0. The first kappa shape index (κ1) is 22.6. The quantitative estimate of drug-likeness (QED) is 0.704. The summed E-state index contributed by atoms with van der Waals surface area (Å²) in [6.07, 6.45) is 1.79. The molecular weight excluding hydrogens is 370 g/mol. The van der Waals surface area contributed by atoms with E-state index in [-0.39, 0.29) is 23.9 Å². The van der Waals surface area contributed by atoms with E-state index < -0.39 is 5.60 Å². The lowest BCUT2D eigenvalue weighted by Gasteiger charge is -2.52. The third-order valence-electron chi connectivity index (χ3n) is 7.12. The monoisotopic (exact) mass is 409 g/mol. The Bertz CT molecular complexity index is 750. The highest BCUT2D eigenvalue weighted by Crippen LogP contribution is 2.49. The number of piperidine rings is 1. The lowest BCUT2D eigenvalue weighted by atomic mass is 9.64. The summed E-state index contributed by atoms with van der Waals surface area (Å²) in [4.78, 5) is 4.23. The van der Waals surface area contributed by atoms with Gasteiger partial charge in [0, 0.05) is 63.5 Å². The van der Waals surface area contributed by atoms with Crippen LogP contribution in [0.25, 0.3) is 0 Å². The summed E-state index contributed by atoms with van der Waals surface area (Å²) in [6.45, 7) is 6.57. The van der Waals surface area contributed by atoms with E-state index in [0.29, 0.717) is 0 Å². The van der Waals surface area contributed by atoms with Gasteiger partial charge in [-0.2, -0.15) is 0 Å². The first-order chi connectivity index (χ1) is 14.2. The molecular formula is C26H39N3O. The fraction of sp³-hybridized carbons (Fsp3) is 0.538. The van der Waals surface area contributed by atoms with Gasteiger partial charge < -0.3 is 20.2 Å². The highest BCUT2D eigenvalue weighted by molar-refractivity contribution is 5.48. The van der Waals surface area contributed by atoms with Crippen LogP contribution in [-0.2, 0) is 0 Å². The zero-order chi connectivity index (χ0) is 22.1. The lowest BCUT2D eigenvalue weighted by molar-refractivity contribution is -0.116. The van der Waals surface area contributed by atoms with Gasteiger partial charge in [0.15, 0.2) is 0 Å². The topological polar surface area (TPSA) is 38.7 Å². The molecule has 1 aliphatic heterocycles. The molecule has 1 heterocycles. The minimum absolute atomic E-state index is 0.104. The van der Waals surface area contributed by atoms with Gasteiger partial charge in [0.05, 0.1) is 5.60 Å². The van der Waals surface area contributed by atoms with Gasteiger partial charge in [-0.3, -0.25) is 0 Å². The second kappa shape index (κ2) is 8.99. The molecule has 2 aromatic rings. The van der Waals surface area contributed by atoms with Crippen LogP contribution in [0.15, 0.2) is 48.5 Å². The van der Waals surface area contributed by atoms with Gasteiger partial charge in [0.25, 0.3) is 0 Å². The molecule has 4 heteroatoms. The van der Waals surface area contributed by atoms with Crippen molar-refractivity contribution in [3.8, 4) is 0 Å². The van der Waals surface area contributed by atoms with E-state index in [9.17, 15) is 5.11 Å². The number of nitrogens with one attached hydrogen (secondary N) is 1. The molecule has 1 aliphatic rings. The molecule has 2 aromatic carbocycles. The molecule has 0 amide bonds. The van der Waals surface area contributed by atoms with Crippen molar-refractivity contribution >= 4 is 11.4 Å². The Morgan fingerprint density at radius 1 is 0.767 bits per heavy atom. The Labute approximate surface area is 182 Å². The van der Waals surface area contributed by atoms with Crippen LogP contribution in [0.2, 0.25) is 0 Å². The second-order valence-corrected chi connectivity index (χ2v) is 9.41. The molecule has 0 aliphatic carbocycles. The van der Waals surface area contributed by atoms with E-state index in [1.54, 1.807) is 0 Å². The molecule has 3 rings (SSSR count). The smallest absolute Gasteiger partial charge is 0.0734 e. The van der Waals surface area contributed by atoms with Crippen LogP contribution >= 0.6 is 0 Å². The summed E-state index contributed by atoms with van der Waals surface area (Å²) in [7, 11) is 8.24. The molecule has 0 spiro atoms. The van der Waals surface area contributed by atoms with Gasteiger partial charge in [0.2, 0.25) is 0 Å². The number of hydrogen-bond acceptors (Lipinski definition) is 4. The number of benzene rings is 2. The molecule has 1 saturated heterocycles. The maximum atomic E-state index is 11.9. The van der Waals surface area contributed by atoms with E-state index in [1.165, 1.54) is 22.5 Å². The Morgan fingerprint density at radius 3 is 1.43 bits per heavy atom. The fourth-order valence-electron chi connectivity index (χ4n) is 5.06. The van der Waals surface area contributed by atoms with Crippen LogP contribution in [0.1, 0.15) is 56.8 Å². The molecule has 0 aromatic heterocycles. The molecule has 30 heavy (non-hydrogen) atoms.